The molecule has 1 amide bonds. The lowest BCUT2D eigenvalue weighted by molar-refractivity contribution is -0.137. The molecule has 124 valence electrons. The van der Waals surface area contributed by atoms with E-state index in [9.17, 15) is 9.59 Å². The van der Waals surface area contributed by atoms with Crippen molar-refractivity contribution in [2.45, 2.75) is 19.4 Å². The fourth-order valence-corrected chi connectivity index (χ4v) is 2.59. The van der Waals surface area contributed by atoms with Crippen LogP contribution >= 0.6 is 11.3 Å². The van der Waals surface area contributed by atoms with Crippen LogP contribution in [0.5, 0.6) is 0 Å². The fraction of sp³-hybridized carbons (Fsp3) is 0.214. The normalized spacial score (nSPS) is 10.7. The van der Waals surface area contributed by atoms with Crippen molar-refractivity contribution in [3.05, 3.63) is 35.7 Å². The molecule has 0 radical (unpaired) electrons. The molecule has 3 rings (SSSR count). The van der Waals surface area contributed by atoms with Crippen LogP contribution in [0.15, 0.2) is 34.3 Å². The number of carbonyl (C=O) groups is 2. The van der Waals surface area contributed by atoms with Crippen LogP contribution in [-0.2, 0) is 22.6 Å². The summed E-state index contributed by atoms with van der Waals surface area (Å²) in [6.07, 6.45) is 1.94. The number of rotatable bonds is 7. The maximum atomic E-state index is 11.9. The predicted octanol–water partition coefficient (Wildman–Crippen LogP) is 1.65. The van der Waals surface area contributed by atoms with Gasteiger partial charge in [-0.3, -0.25) is 14.3 Å². The summed E-state index contributed by atoms with van der Waals surface area (Å²) >= 11 is 1.51. The Morgan fingerprint density at radius 2 is 2.25 bits per heavy atom. The van der Waals surface area contributed by atoms with Crippen LogP contribution in [0, 0.1) is 0 Å². The van der Waals surface area contributed by atoms with Crippen LogP contribution in [0.25, 0.3) is 10.7 Å². The van der Waals surface area contributed by atoms with Crippen molar-refractivity contribution in [1.82, 2.24) is 19.9 Å². The quantitative estimate of drug-likeness (QED) is 0.666. The predicted molar refractivity (Wildman–Crippen MR) is 84.4 cm³/mol. The van der Waals surface area contributed by atoms with E-state index < -0.39 is 5.97 Å². The molecular weight excluding hydrogens is 334 g/mol. The van der Waals surface area contributed by atoms with Crippen molar-refractivity contribution in [3.8, 4) is 10.7 Å². The first-order valence-electron chi connectivity index (χ1n) is 7.02. The summed E-state index contributed by atoms with van der Waals surface area (Å²) in [7, 11) is 0. The number of thiophene rings is 1. The van der Waals surface area contributed by atoms with E-state index in [1.807, 2.05) is 17.5 Å². The number of carboxylic acids is 1. The molecular formula is C14H13N5O4S. The number of carboxylic acid groups (broad SMARTS) is 1. The van der Waals surface area contributed by atoms with Crippen LogP contribution in [0.1, 0.15) is 12.3 Å². The van der Waals surface area contributed by atoms with Gasteiger partial charge in [0.1, 0.15) is 6.54 Å². The van der Waals surface area contributed by atoms with Crippen molar-refractivity contribution in [2.24, 2.45) is 0 Å². The highest BCUT2D eigenvalue weighted by molar-refractivity contribution is 7.13. The number of anilines is 1. The lowest BCUT2D eigenvalue weighted by Crippen LogP contribution is -2.14. The van der Waals surface area contributed by atoms with Crippen LogP contribution in [0.3, 0.4) is 0 Å². The van der Waals surface area contributed by atoms with Crippen LogP contribution < -0.4 is 5.32 Å². The maximum Gasteiger partial charge on any atom is 0.325 e. The molecule has 2 N–H and O–H groups in total. The molecule has 0 aromatic carbocycles. The van der Waals surface area contributed by atoms with Crippen molar-refractivity contribution in [3.63, 3.8) is 0 Å². The van der Waals surface area contributed by atoms with Crippen LogP contribution in [-0.4, -0.2) is 36.9 Å². The van der Waals surface area contributed by atoms with Gasteiger partial charge in [0.2, 0.25) is 17.6 Å². The molecule has 0 aliphatic rings. The Balaban J connectivity index is 1.50. The van der Waals surface area contributed by atoms with Gasteiger partial charge in [-0.2, -0.15) is 10.1 Å². The van der Waals surface area contributed by atoms with Crippen molar-refractivity contribution in [1.29, 1.82) is 0 Å². The van der Waals surface area contributed by atoms with Gasteiger partial charge in [-0.05, 0) is 11.4 Å². The lowest BCUT2D eigenvalue weighted by atomic mass is 10.3. The van der Waals surface area contributed by atoms with E-state index in [0.29, 0.717) is 24.0 Å². The smallest absolute Gasteiger partial charge is 0.325 e. The third-order valence-corrected chi connectivity index (χ3v) is 3.85. The third kappa shape index (κ3) is 4.04. The molecule has 0 saturated carbocycles. The van der Waals surface area contributed by atoms with Gasteiger partial charge in [0.15, 0.2) is 5.82 Å². The van der Waals surface area contributed by atoms with Gasteiger partial charge in [0.25, 0.3) is 0 Å². The molecule has 0 spiro atoms. The van der Waals surface area contributed by atoms with Gasteiger partial charge in [0.05, 0.1) is 4.88 Å². The summed E-state index contributed by atoms with van der Waals surface area (Å²) < 4.78 is 6.34. The number of amides is 1. The molecule has 3 heterocycles. The molecule has 0 atom stereocenters. The van der Waals surface area contributed by atoms with Gasteiger partial charge < -0.3 is 14.9 Å². The number of nitrogens with zero attached hydrogens (tertiary/aromatic N) is 4. The molecule has 0 aliphatic heterocycles. The number of aliphatic carboxylic acids is 1. The van der Waals surface area contributed by atoms with Crippen LogP contribution in [0.4, 0.5) is 5.82 Å². The minimum Gasteiger partial charge on any atom is -0.480 e. The first-order chi connectivity index (χ1) is 11.6. The largest absolute Gasteiger partial charge is 0.480 e. The molecule has 3 aromatic rings. The lowest BCUT2D eigenvalue weighted by Gasteiger charge is -2.00. The van der Waals surface area contributed by atoms with E-state index in [0.717, 1.165) is 4.88 Å². The molecule has 0 bridgehead atoms. The Morgan fingerprint density at radius 1 is 1.38 bits per heavy atom. The zero-order chi connectivity index (χ0) is 16.9. The maximum absolute atomic E-state index is 11.9. The molecule has 9 nitrogen and oxygen atoms in total. The van der Waals surface area contributed by atoms with Gasteiger partial charge in [-0.15, -0.1) is 11.3 Å². The summed E-state index contributed by atoms with van der Waals surface area (Å²) in [6, 6.07) is 5.31. The summed E-state index contributed by atoms with van der Waals surface area (Å²) in [5.74, 6) is -0.0933. The molecule has 3 aromatic heterocycles. The summed E-state index contributed by atoms with van der Waals surface area (Å²) in [4.78, 5) is 27.6. The van der Waals surface area contributed by atoms with E-state index >= 15 is 0 Å². The Bertz CT molecular complexity index is 839. The molecule has 0 aliphatic carbocycles. The third-order valence-electron chi connectivity index (χ3n) is 2.98. The average Bonchev–Trinajstić information content (AvgIpc) is 3.26. The number of aryl methyl sites for hydroxylation is 1. The number of hydrogen-bond donors (Lipinski definition) is 2. The second kappa shape index (κ2) is 7.04. The van der Waals surface area contributed by atoms with Gasteiger partial charge in [-0.1, -0.05) is 11.2 Å². The summed E-state index contributed by atoms with van der Waals surface area (Å²) in [6.45, 7) is -0.261. The number of hydrogen-bond acceptors (Lipinski definition) is 7. The number of carbonyl (C=O) groups excluding carboxylic acids is 1. The van der Waals surface area contributed by atoms with E-state index in [4.69, 9.17) is 9.63 Å². The minimum absolute atomic E-state index is 0.151. The summed E-state index contributed by atoms with van der Waals surface area (Å²) in [5.41, 5.74) is 0. The monoisotopic (exact) mass is 347 g/mol. The number of nitrogens with one attached hydrogen (secondary N) is 1. The Labute approximate surface area is 139 Å². The van der Waals surface area contributed by atoms with E-state index in [2.05, 4.69) is 20.6 Å². The average molecular weight is 347 g/mol. The first-order valence-corrected chi connectivity index (χ1v) is 7.89. The fourth-order valence-electron chi connectivity index (χ4n) is 1.94. The topological polar surface area (TPSA) is 123 Å². The minimum atomic E-state index is -1.01. The highest BCUT2D eigenvalue weighted by Crippen LogP contribution is 2.21. The highest BCUT2D eigenvalue weighted by Gasteiger charge is 2.12. The summed E-state index contributed by atoms with van der Waals surface area (Å²) in [5, 5.41) is 21.0. The molecule has 0 saturated heterocycles. The van der Waals surface area contributed by atoms with E-state index in [1.54, 1.807) is 0 Å². The first kappa shape index (κ1) is 15.9. The second-order valence-electron chi connectivity index (χ2n) is 4.83. The molecule has 0 unspecified atom stereocenters. The van der Waals surface area contributed by atoms with Crippen LogP contribution in [0.2, 0.25) is 0 Å². The highest BCUT2D eigenvalue weighted by atomic mass is 32.1. The zero-order valence-corrected chi connectivity index (χ0v) is 13.2. The van der Waals surface area contributed by atoms with Crippen molar-refractivity contribution in [2.75, 3.05) is 5.32 Å². The van der Waals surface area contributed by atoms with Crippen molar-refractivity contribution < 1.29 is 19.2 Å². The standard InChI is InChI=1S/C14H13N5O4S/c20-11(15-10-5-6-19(17-10)8-13(21)22)3-4-12-16-14(18-23-12)9-2-1-7-24-9/h1-2,5-7H,3-4,8H2,(H,21,22)(H,15,17,20). The molecule has 0 fully saturated rings. The van der Waals surface area contributed by atoms with E-state index in [-0.39, 0.29) is 18.9 Å². The molecule has 10 heteroatoms. The van der Waals surface area contributed by atoms with Gasteiger partial charge >= 0.3 is 5.97 Å². The van der Waals surface area contributed by atoms with E-state index in [1.165, 1.54) is 28.3 Å². The van der Waals surface area contributed by atoms with Gasteiger partial charge in [-0.25, -0.2) is 0 Å². The van der Waals surface area contributed by atoms with Gasteiger partial charge in [0, 0.05) is 25.1 Å². The Kier molecular flexibility index (Phi) is 4.66. The molecule has 24 heavy (non-hydrogen) atoms. The van der Waals surface area contributed by atoms with Crippen molar-refractivity contribution >= 4 is 29.0 Å². The Morgan fingerprint density at radius 3 is 3.00 bits per heavy atom. The zero-order valence-electron chi connectivity index (χ0n) is 12.4. The Hall–Kier alpha value is -3.01. The number of aromatic nitrogens is 4. The SMILES string of the molecule is O=C(O)Cn1ccc(NC(=O)CCc2nc(-c3cccs3)no2)n1. The second-order valence-corrected chi connectivity index (χ2v) is 5.78.